The second-order valence-corrected chi connectivity index (χ2v) is 10.3. The van der Waals surface area contributed by atoms with Crippen LogP contribution in [0.1, 0.15) is 35.3 Å². The molecule has 0 aliphatic carbocycles. The monoisotopic (exact) mass is 575 g/mol. The van der Waals surface area contributed by atoms with E-state index in [1.165, 1.54) is 29.2 Å². The number of nitrogens with one attached hydrogen (secondary N) is 1. The zero-order valence-corrected chi connectivity index (χ0v) is 22.9. The van der Waals surface area contributed by atoms with Crippen molar-refractivity contribution in [2.45, 2.75) is 45.3 Å². The van der Waals surface area contributed by atoms with Crippen molar-refractivity contribution in [3.8, 4) is 5.75 Å². The number of ether oxygens (including phenoxy) is 1. The summed E-state index contributed by atoms with van der Waals surface area (Å²) >= 11 is 0. The molecule has 14 heteroatoms. The molecule has 3 atom stereocenters. The molecule has 2 heterocycles. The van der Waals surface area contributed by atoms with E-state index in [4.69, 9.17) is 4.74 Å². The first-order valence-electron chi connectivity index (χ1n) is 13.0. The molecule has 0 saturated heterocycles. The number of aliphatic hydroxyl groups is 1. The van der Waals surface area contributed by atoms with Crippen LogP contribution < -0.4 is 10.1 Å². The fraction of sp³-hybridized carbons (Fsp3) is 0.444. The number of nitrogens with zero attached hydrogens (tertiary/aromatic N) is 6. The van der Waals surface area contributed by atoms with Gasteiger partial charge in [-0.05, 0) is 60.3 Å². The Morgan fingerprint density at radius 1 is 1.24 bits per heavy atom. The van der Waals surface area contributed by atoms with E-state index in [0.717, 1.165) is 12.1 Å². The van der Waals surface area contributed by atoms with Crippen LogP contribution in [0.4, 0.5) is 18.9 Å². The Morgan fingerprint density at radius 3 is 2.61 bits per heavy atom. The lowest BCUT2D eigenvalue weighted by Gasteiger charge is -2.38. The molecule has 220 valence electrons. The first-order valence-corrected chi connectivity index (χ1v) is 13.0. The maximum Gasteiger partial charge on any atom is 0.416 e. The molecule has 1 aromatic heterocycles. The van der Waals surface area contributed by atoms with Gasteiger partial charge < -0.3 is 20.1 Å². The molecule has 0 bridgehead atoms. The number of anilines is 1. The number of hydrogen-bond donors (Lipinski definition) is 2. The van der Waals surface area contributed by atoms with Crippen molar-refractivity contribution < 1.29 is 32.6 Å². The molecule has 2 amide bonds. The third-order valence-corrected chi connectivity index (χ3v) is 6.87. The Hall–Kier alpha value is -4.04. The minimum Gasteiger partial charge on any atom is -0.488 e. The Kier molecular flexibility index (Phi) is 9.23. The Bertz CT molecular complexity index is 1340. The molecular weight excluding hydrogens is 543 g/mol. The van der Waals surface area contributed by atoms with Gasteiger partial charge in [0.1, 0.15) is 24.7 Å². The molecule has 1 aliphatic heterocycles. The minimum absolute atomic E-state index is 0.118. The number of rotatable bonds is 9. The lowest BCUT2D eigenvalue weighted by molar-refractivity contribution is -0.137. The van der Waals surface area contributed by atoms with Crippen LogP contribution in [0, 0.1) is 5.92 Å². The molecule has 2 aromatic carbocycles. The molecule has 0 spiro atoms. The van der Waals surface area contributed by atoms with Gasteiger partial charge in [0.05, 0.1) is 23.8 Å². The largest absolute Gasteiger partial charge is 0.488 e. The van der Waals surface area contributed by atoms with Crippen LogP contribution in [0.2, 0.25) is 0 Å². The molecule has 41 heavy (non-hydrogen) atoms. The van der Waals surface area contributed by atoms with Gasteiger partial charge >= 0.3 is 6.18 Å². The van der Waals surface area contributed by atoms with E-state index < -0.39 is 29.8 Å². The highest BCUT2D eigenvalue weighted by molar-refractivity contribution is 5.99. The summed E-state index contributed by atoms with van der Waals surface area (Å²) in [6.07, 6.45) is -3.48. The van der Waals surface area contributed by atoms with Gasteiger partial charge in [0.15, 0.2) is 0 Å². The third kappa shape index (κ3) is 7.58. The molecule has 0 saturated carbocycles. The van der Waals surface area contributed by atoms with E-state index >= 15 is 0 Å². The summed E-state index contributed by atoms with van der Waals surface area (Å²) in [6, 6.07) is 9.33. The quantitative estimate of drug-likeness (QED) is 0.399. The molecule has 3 aromatic rings. The van der Waals surface area contributed by atoms with Crippen LogP contribution in [-0.4, -0.2) is 85.8 Å². The van der Waals surface area contributed by atoms with Crippen LogP contribution in [0.5, 0.6) is 5.75 Å². The van der Waals surface area contributed by atoms with Gasteiger partial charge in [-0.15, -0.1) is 5.10 Å². The molecule has 0 fully saturated rings. The highest BCUT2D eigenvalue weighted by atomic mass is 19.4. The van der Waals surface area contributed by atoms with E-state index in [1.807, 2.05) is 18.9 Å². The summed E-state index contributed by atoms with van der Waals surface area (Å²) < 4.78 is 46.4. The van der Waals surface area contributed by atoms with E-state index in [0.29, 0.717) is 36.6 Å². The summed E-state index contributed by atoms with van der Waals surface area (Å²) in [5, 5.41) is 23.2. The highest BCUT2D eigenvalue weighted by Crippen LogP contribution is 2.31. The number of tetrazole rings is 1. The number of benzene rings is 2. The van der Waals surface area contributed by atoms with E-state index in [9.17, 15) is 27.9 Å². The van der Waals surface area contributed by atoms with Crippen molar-refractivity contribution in [3.63, 3.8) is 0 Å². The minimum atomic E-state index is -4.40. The van der Waals surface area contributed by atoms with Gasteiger partial charge in [0, 0.05) is 31.2 Å². The SMILES string of the molecule is C[C@H](CO)N1C[C@H](C)[C@H](CN(C)Cc2ccc(C(F)(F)F)cc2)Oc2ccc(NC(=O)Cn3cnnn3)cc2C1=O. The van der Waals surface area contributed by atoms with Crippen molar-refractivity contribution in [3.05, 3.63) is 65.5 Å². The van der Waals surface area contributed by atoms with Crippen LogP contribution in [-0.2, 0) is 24.1 Å². The second kappa shape index (κ2) is 12.6. The number of hydrogen-bond acceptors (Lipinski definition) is 8. The Morgan fingerprint density at radius 2 is 1.98 bits per heavy atom. The van der Waals surface area contributed by atoms with Gasteiger partial charge in [-0.3, -0.25) is 14.5 Å². The lowest BCUT2D eigenvalue weighted by atomic mass is 9.99. The predicted octanol–water partition coefficient (Wildman–Crippen LogP) is 2.68. The number of carbonyl (C=O) groups excluding carboxylic acids is 2. The number of alkyl halides is 3. The number of aliphatic hydroxyl groups excluding tert-OH is 1. The molecule has 1 aliphatic rings. The zero-order valence-electron chi connectivity index (χ0n) is 22.9. The average Bonchev–Trinajstić information content (AvgIpc) is 3.43. The fourth-order valence-electron chi connectivity index (χ4n) is 4.60. The van der Waals surface area contributed by atoms with Crippen LogP contribution >= 0.6 is 0 Å². The van der Waals surface area contributed by atoms with E-state index in [1.54, 1.807) is 24.0 Å². The maximum absolute atomic E-state index is 13.6. The summed E-state index contributed by atoms with van der Waals surface area (Å²) in [6.45, 7) is 4.44. The van der Waals surface area contributed by atoms with E-state index in [-0.39, 0.29) is 30.5 Å². The van der Waals surface area contributed by atoms with E-state index in [2.05, 4.69) is 20.8 Å². The third-order valence-electron chi connectivity index (χ3n) is 6.87. The Labute approximate surface area is 234 Å². The van der Waals surface area contributed by atoms with Crippen molar-refractivity contribution in [2.75, 3.05) is 32.1 Å². The van der Waals surface area contributed by atoms with Gasteiger partial charge in [-0.2, -0.15) is 13.2 Å². The van der Waals surface area contributed by atoms with Crippen molar-refractivity contribution in [1.82, 2.24) is 30.0 Å². The average molecular weight is 576 g/mol. The van der Waals surface area contributed by atoms with Gasteiger partial charge in [0.2, 0.25) is 5.91 Å². The number of aromatic nitrogens is 4. The van der Waals surface area contributed by atoms with Gasteiger partial charge in [-0.25, -0.2) is 4.68 Å². The summed E-state index contributed by atoms with van der Waals surface area (Å²) in [7, 11) is 1.84. The van der Waals surface area contributed by atoms with Gasteiger partial charge in [0.25, 0.3) is 5.91 Å². The number of halogens is 3. The molecular formula is C27H32F3N7O4. The highest BCUT2D eigenvalue weighted by Gasteiger charge is 2.34. The zero-order chi connectivity index (χ0) is 29.7. The first kappa shape index (κ1) is 29.9. The summed E-state index contributed by atoms with van der Waals surface area (Å²) in [4.78, 5) is 29.6. The number of fused-ring (bicyclic) bond motifs is 1. The lowest BCUT2D eigenvalue weighted by Crippen LogP contribution is -2.49. The number of amides is 2. The smallest absolute Gasteiger partial charge is 0.416 e. The Balaban J connectivity index is 1.53. The molecule has 0 unspecified atom stereocenters. The topological polar surface area (TPSA) is 126 Å². The second-order valence-electron chi connectivity index (χ2n) is 10.3. The van der Waals surface area contributed by atoms with Crippen LogP contribution in [0.15, 0.2) is 48.8 Å². The molecule has 11 nitrogen and oxygen atoms in total. The normalized spacial score (nSPS) is 18.3. The predicted molar refractivity (Wildman–Crippen MR) is 142 cm³/mol. The summed E-state index contributed by atoms with van der Waals surface area (Å²) in [5.41, 5.74) is 0.617. The van der Waals surface area contributed by atoms with Crippen LogP contribution in [0.25, 0.3) is 0 Å². The van der Waals surface area contributed by atoms with Crippen molar-refractivity contribution in [1.29, 1.82) is 0 Å². The fourth-order valence-corrected chi connectivity index (χ4v) is 4.60. The number of likely N-dealkylation sites (N-methyl/N-ethyl adjacent to an activating group) is 1. The molecule has 2 N–H and O–H groups in total. The van der Waals surface area contributed by atoms with Crippen molar-refractivity contribution in [2.24, 2.45) is 5.92 Å². The van der Waals surface area contributed by atoms with Gasteiger partial charge in [-0.1, -0.05) is 19.1 Å². The summed E-state index contributed by atoms with van der Waals surface area (Å²) in [5.74, 6) is -0.565. The van der Waals surface area contributed by atoms with Crippen LogP contribution in [0.3, 0.4) is 0 Å². The maximum atomic E-state index is 13.6. The first-order chi connectivity index (χ1) is 19.4. The molecule has 0 radical (unpaired) electrons. The number of carbonyl (C=O) groups is 2. The standard InChI is InChI=1S/C27H32F3N7O4/c1-17-11-37(18(2)15-38)26(40)22-10-21(32-25(39)14-36-16-31-33-34-36)8-9-23(22)41-24(17)13-35(3)12-19-4-6-20(7-5-19)27(28,29)30/h4-10,16-18,24,38H,11-15H2,1-3H3,(H,32,39)/t17-,18+,24-/m0/s1. The molecule has 4 rings (SSSR count). The van der Waals surface area contributed by atoms with Crippen molar-refractivity contribution >= 4 is 17.5 Å².